The lowest BCUT2D eigenvalue weighted by Gasteiger charge is -2.00. The van der Waals surface area contributed by atoms with E-state index in [1.165, 1.54) is 20.5 Å². The molecule has 2 nitrogen and oxygen atoms in total. The molecule has 2 aromatic carbocycles. The van der Waals surface area contributed by atoms with Crippen molar-refractivity contribution in [3.63, 3.8) is 0 Å². The number of furan rings is 1. The maximum atomic E-state index is 8.25. The minimum atomic E-state index is -0.336. The highest BCUT2D eigenvalue weighted by Crippen LogP contribution is 2.42. The van der Waals surface area contributed by atoms with Crippen molar-refractivity contribution in [1.82, 2.24) is 4.98 Å². The van der Waals surface area contributed by atoms with Gasteiger partial charge in [-0.15, -0.1) is 11.3 Å². The van der Waals surface area contributed by atoms with Gasteiger partial charge < -0.3 is 4.42 Å². The zero-order valence-electron chi connectivity index (χ0n) is 17.2. The quantitative estimate of drug-likeness (QED) is 0.351. The van der Waals surface area contributed by atoms with Crippen LogP contribution in [0, 0.1) is 13.8 Å². The van der Waals surface area contributed by atoms with Crippen molar-refractivity contribution in [1.29, 1.82) is 0 Å². The first-order valence-corrected chi connectivity index (χ1v) is 8.48. The third-order valence-corrected chi connectivity index (χ3v) is 5.77. The van der Waals surface area contributed by atoms with Crippen LogP contribution >= 0.6 is 11.3 Å². The van der Waals surface area contributed by atoms with Gasteiger partial charge in [0.1, 0.15) is 11.2 Å². The summed E-state index contributed by atoms with van der Waals surface area (Å²) in [5.74, 6) is 0. The Morgan fingerprint density at radius 1 is 1.08 bits per heavy atom. The van der Waals surface area contributed by atoms with Crippen LogP contribution in [0.25, 0.3) is 43.3 Å². The van der Waals surface area contributed by atoms with Gasteiger partial charge in [-0.1, -0.05) is 18.2 Å². The number of thiophene rings is 1. The van der Waals surface area contributed by atoms with E-state index in [2.05, 4.69) is 24.9 Å². The molecule has 116 valence electrons. The Morgan fingerprint density at radius 2 is 2.00 bits per heavy atom. The van der Waals surface area contributed by atoms with Crippen molar-refractivity contribution in [2.45, 2.75) is 13.8 Å². The number of aromatic nitrogens is 1. The molecule has 0 fully saturated rings. The average Bonchev–Trinajstić information content (AvgIpc) is 3.20. The summed E-state index contributed by atoms with van der Waals surface area (Å²) in [7, 11) is 0. The number of rotatable bonds is 1. The van der Waals surface area contributed by atoms with Crippen LogP contribution in [0.3, 0.4) is 0 Å². The molecule has 5 aromatic rings. The van der Waals surface area contributed by atoms with Gasteiger partial charge in [0.2, 0.25) is 0 Å². The molecule has 0 spiro atoms. The molecule has 0 bridgehead atoms. The third kappa shape index (κ3) is 1.79. The zero-order chi connectivity index (χ0) is 19.7. The predicted molar refractivity (Wildman–Crippen MR) is 102 cm³/mol. The number of aryl methyl sites for hydroxylation is 2. The number of para-hydroxylation sites is 1. The van der Waals surface area contributed by atoms with E-state index in [1.807, 2.05) is 18.2 Å². The van der Waals surface area contributed by atoms with E-state index >= 15 is 0 Å². The van der Waals surface area contributed by atoms with Crippen molar-refractivity contribution in [3.8, 4) is 11.3 Å². The van der Waals surface area contributed by atoms with Gasteiger partial charge in [-0.3, -0.25) is 4.98 Å². The van der Waals surface area contributed by atoms with Crippen LogP contribution < -0.4 is 0 Å². The zero-order valence-corrected chi connectivity index (χ0v) is 14.0. The maximum absolute atomic E-state index is 8.25. The molecule has 0 aliphatic rings. The molecule has 0 aliphatic heterocycles. The summed E-state index contributed by atoms with van der Waals surface area (Å²) in [6.45, 7) is 4.24. The van der Waals surface area contributed by atoms with E-state index in [4.69, 9.17) is 9.90 Å². The topological polar surface area (TPSA) is 26.0 Å². The van der Waals surface area contributed by atoms with Gasteiger partial charge in [-0.25, -0.2) is 0 Å². The molecule has 3 aromatic heterocycles. The second-order valence-electron chi connectivity index (χ2n) is 5.83. The van der Waals surface area contributed by atoms with Crippen LogP contribution in [0.15, 0.2) is 59.0 Å². The fourth-order valence-corrected chi connectivity index (χ4v) is 4.44. The molecule has 0 unspecified atom stereocenters. The fraction of sp³-hybridized carbons (Fsp3) is 0.0952. The molecule has 0 saturated carbocycles. The highest BCUT2D eigenvalue weighted by molar-refractivity contribution is 7.20. The Balaban J connectivity index is 1.92. The van der Waals surface area contributed by atoms with Crippen LogP contribution in [-0.4, -0.2) is 4.98 Å². The van der Waals surface area contributed by atoms with Gasteiger partial charge in [-0.05, 0) is 55.1 Å². The van der Waals surface area contributed by atoms with Gasteiger partial charge in [-0.2, -0.15) is 0 Å². The second-order valence-corrected chi connectivity index (χ2v) is 7.05. The van der Waals surface area contributed by atoms with Crippen LogP contribution in [0.2, 0.25) is 0 Å². The lowest BCUT2D eigenvalue weighted by Crippen LogP contribution is -1.81. The van der Waals surface area contributed by atoms with E-state index < -0.39 is 0 Å². The largest absolute Gasteiger partial charge is 0.455 e. The van der Waals surface area contributed by atoms with Crippen LogP contribution in [-0.2, 0) is 0 Å². The summed E-state index contributed by atoms with van der Waals surface area (Å²) >= 11 is 1.74. The number of nitrogens with zero attached hydrogens (tertiary/aromatic N) is 1. The standard InChI is InChI=1S/C21H15NOS/c1-12-13(2)24-21-14(12)9-10-18-19(21)16-7-5-6-15(20(16)23-18)17-8-3-4-11-22-17/h3-11H,1-2H3/i3D,4D,8D,11D. The molecule has 3 heteroatoms. The SMILES string of the molecule is [2H]c1nc(-c2cccc3c2oc2ccc4c(C)c(C)sc4c23)c([2H])c([2H])c1[2H]. The minimum absolute atomic E-state index is 0.165. The Kier molecular flexibility index (Phi) is 2.10. The van der Waals surface area contributed by atoms with E-state index in [1.54, 1.807) is 17.4 Å². The molecule has 0 aliphatic carbocycles. The van der Waals surface area contributed by atoms with Crippen LogP contribution in [0.5, 0.6) is 0 Å². The average molecular weight is 333 g/mol. The number of hydrogen-bond donors (Lipinski definition) is 0. The van der Waals surface area contributed by atoms with E-state index in [9.17, 15) is 0 Å². The summed E-state index contributed by atoms with van der Waals surface area (Å²) in [5.41, 5.74) is 3.39. The summed E-state index contributed by atoms with van der Waals surface area (Å²) in [6.07, 6.45) is -0.309. The number of fused-ring (bicyclic) bond motifs is 5. The highest BCUT2D eigenvalue weighted by Gasteiger charge is 2.17. The smallest absolute Gasteiger partial charge is 0.144 e. The van der Waals surface area contributed by atoms with Gasteiger partial charge in [0, 0.05) is 32.1 Å². The molecule has 0 saturated heterocycles. The first-order chi connectivity index (χ1) is 13.4. The van der Waals surface area contributed by atoms with Gasteiger partial charge in [0.25, 0.3) is 0 Å². The molecule has 0 atom stereocenters. The first kappa shape index (κ1) is 10.3. The Morgan fingerprint density at radius 3 is 2.92 bits per heavy atom. The van der Waals surface area contributed by atoms with E-state index in [-0.39, 0.29) is 30.0 Å². The number of pyridine rings is 1. The molecule has 0 N–H and O–H groups in total. The van der Waals surface area contributed by atoms with Crippen molar-refractivity contribution >= 4 is 43.4 Å². The van der Waals surface area contributed by atoms with Gasteiger partial charge in [0.15, 0.2) is 0 Å². The van der Waals surface area contributed by atoms with E-state index in [0.717, 1.165) is 16.4 Å². The monoisotopic (exact) mass is 333 g/mol. The minimum Gasteiger partial charge on any atom is -0.455 e. The van der Waals surface area contributed by atoms with Crippen LogP contribution in [0.4, 0.5) is 0 Å². The van der Waals surface area contributed by atoms with Crippen molar-refractivity contribution in [3.05, 3.63) is 65.1 Å². The molecular weight excluding hydrogens is 314 g/mol. The molecule has 5 rings (SSSR count). The molecule has 0 radical (unpaired) electrons. The first-order valence-electron chi connectivity index (χ1n) is 9.67. The highest BCUT2D eigenvalue weighted by atomic mass is 32.1. The summed E-state index contributed by atoms with van der Waals surface area (Å²) in [6, 6.07) is 8.89. The summed E-state index contributed by atoms with van der Waals surface area (Å²) < 4.78 is 39.2. The van der Waals surface area contributed by atoms with Crippen molar-refractivity contribution < 1.29 is 9.90 Å². The summed E-state index contributed by atoms with van der Waals surface area (Å²) in [4.78, 5) is 5.39. The van der Waals surface area contributed by atoms with Crippen LogP contribution in [0.1, 0.15) is 15.9 Å². The molecule has 24 heavy (non-hydrogen) atoms. The van der Waals surface area contributed by atoms with Crippen molar-refractivity contribution in [2.75, 3.05) is 0 Å². The second kappa shape index (κ2) is 4.92. The Labute approximate surface area is 149 Å². The lowest BCUT2D eigenvalue weighted by atomic mass is 10.0. The Hall–Kier alpha value is -2.65. The van der Waals surface area contributed by atoms with E-state index in [0.29, 0.717) is 11.1 Å². The Bertz CT molecular complexity index is 1430. The normalized spacial score (nSPS) is 14.1. The number of hydrogen-bond acceptors (Lipinski definition) is 3. The van der Waals surface area contributed by atoms with Gasteiger partial charge >= 0.3 is 0 Å². The van der Waals surface area contributed by atoms with Gasteiger partial charge in [0.05, 0.1) is 11.2 Å². The van der Waals surface area contributed by atoms with Crippen molar-refractivity contribution in [2.24, 2.45) is 0 Å². The predicted octanol–water partition coefficient (Wildman–Crippen LogP) is 6.48. The third-order valence-electron chi connectivity index (χ3n) is 4.53. The molecule has 0 amide bonds. The summed E-state index contributed by atoms with van der Waals surface area (Å²) in [5, 5.41) is 3.17. The molecular formula is C21H15NOS. The fourth-order valence-electron chi connectivity index (χ4n) is 3.22. The number of benzene rings is 2. The molecule has 3 heterocycles. The lowest BCUT2D eigenvalue weighted by molar-refractivity contribution is 0.670. The maximum Gasteiger partial charge on any atom is 0.144 e.